The molecule has 0 spiro atoms. The summed E-state index contributed by atoms with van der Waals surface area (Å²) in [5, 5.41) is 5.77. The van der Waals surface area contributed by atoms with Crippen LogP contribution in [0.3, 0.4) is 0 Å². The number of benzene rings is 1. The minimum absolute atomic E-state index is 0. The van der Waals surface area contributed by atoms with E-state index in [2.05, 4.69) is 54.9 Å². The van der Waals surface area contributed by atoms with Crippen LogP contribution < -0.4 is 10.1 Å². The zero-order chi connectivity index (χ0) is 13.7. The monoisotopic (exact) mass is 311 g/mol. The van der Waals surface area contributed by atoms with Crippen molar-refractivity contribution in [2.75, 3.05) is 7.11 Å². The van der Waals surface area contributed by atoms with Crippen LogP contribution in [0.2, 0.25) is 0 Å². The first kappa shape index (κ1) is 17.0. The molecule has 0 aliphatic carbocycles. The number of halogens is 1. The highest BCUT2D eigenvalue weighted by Gasteiger charge is 2.14. The maximum absolute atomic E-state index is 5.29. The van der Waals surface area contributed by atoms with Crippen LogP contribution in [0.15, 0.2) is 41.8 Å². The average molecular weight is 312 g/mol. The van der Waals surface area contributed by atoms with E-state index in [0.717, 1.165) is 12.2 Å². The summed E-state index contributed by atoms with van der Waals surface area (Å²) in [6, 6.07) is 13.5. The molecule has 2 nitrogen and oxygen atoms in total. The minimum atomic E-state index is 0. The second kappa shape index (κ2) is 8.30. The number of hydrogen-bond acceptors (Lipinski definition) is 3. The Bertz CT molecular complexity index is 499. The summed E-state index contributed by atoms with van der Waals surface area (Å²) >= 11 is 1.81. The summed E-state index contributed by atoms with van der Waals surface area (Å²) in [6.45, 7) is 4.37. The summed E-state index contributed by atoms with van der Waals surface area (Å²) < 4.78 is 5.29. The van der Waals surface area contributed by atoms with E-state index in [0.29, 0.717) is 12.1 Å². The Morgan fingerprint density at radius 1 is 1.20 bits per heavy atom. The molecule has 110 valence electrons. The van der Waals surface area contributed by atoms with Gasteiger partial charge in [-0.1, -0.05) is 32.0 Å². The molecule has 0 radical (unpaired) electrons. The Balaban J connectivity index is 0.00000200. The van der Waals surface area contributed by atoms with E-state index in [-0.39, 0.29) is 12.4 Å². The molecule has 4 heteroatoms. The molecule has 0 bridgehead atoms. The summed E-state index contributed by atoms with van der Waals surface area (Å²) in [6.07, 6.45) is 0.982. The van der Waals surface area contributed by atoms with E-state index in [4.69, 9.17) is 4.74 Å². The number of methoxy groups -OCH3 is 1. The number of rotatable bonds is 6. The molecule has 0 amide bonds. The summed E-state index contributed by atoms with van der Waals surface area (Å²) in [7, 11) is 1.71. The van der Waals surface area contributed by atoms with Gasteiger partial charge in [-0.3, -0.25) is 0 Å². The Morgan fingerprint density at radius 2 is 2.00 bits per heavy atom. The third-order valence-electron chi connectivity index (χ3n) is 3.00. The second-order valence-electron chi connectivity index (χ2n) is 4.95. The highest BCUT2D eigenvalue weighted by atomic mass is 35.5. The van der Waals surface area contributed by atoms with E-state index < -0.39 is 0 Å². The van der Waals surface area contributed by atoms with Crippen molar-refractivity contribution in [1.29, 1.82) is 0 Å². The topological polar surface area (TPSA) is 21.3 Å². The second-order valence-corrected chi connectivity index (χ2v) is 5.92. The van der Waals surface area contributed by atoms with Crippen LogP contribution in [0.25, 0.3) is 0 Å². The van der Waals surface area contributed by atoms with Crippen molar-refractivity contribution >= 4 is 23.7 Å². The highest BCUT2D eigenvalue weighted by Crippen LogP contribution is 2.25. The van der Waals surface area contributed by atoms with E-state index in [1.165, 1.54) is 10.4 Å². The minimum Gasteiger partial charge on any atom is -0.497 e. The zero-order valence-electron chi connectivity index (χ0n) is 12.1. The molecule has 1 N–H and O–H groups in total. The van der Waals surface area contributed by atoms with E-state index in [1.807, 2.05) is 17.4 Å². The molecule has 1 heterocycles. The van der Waals surface area contributed by atoms with Gasteiger partial charge in [-0.15, -0.1) is 23.7 Å². The number of thiophene rings is 1. The van der Waals surface area contributed by atoms with Crippen molar-refractivity contribution in [1.82, 2.24) is 5.32 Å². The van der Waals surface area contributed by atoms with Gasteiger partial charge >= 0.3 is 0 Å². The fourth-order valence-corrected chi connectivity index (χ4v) is 2.96. The van der Waals surface area contributed by atoms with Crippen LogP contribution in [0.1, 0.15) is 30.3 Å². The molecule has 0 saturated heterocycles. The van der Waals surface area contributed by atoms with Gasteiger partial charge in [0.15, 0.2) is 0 Å². The molecule has 1 aromatic carbocycles. The SMILES string of the molecule is COc1cccc(CC(NC(C)C)c2cccs2)c1.Cl. The quantitative estimate of drug-likeness (QED) is 0.850. The lowest BCUT2D eigenvalue weighted by atomic mass is 10.0. The van der Waals surface area contributed by atoms with Crippen molar-refractivity contribution < 1.29 is 4.74 Å². The van der Waals surface area contributed by atoms with E-state index >= 15 is 0 Å². The van der Waals surface area contributed by atoms with Gasteiger partial charge in [0.1, 0.15) is 5.75 Å². The maximum Gasteiger partial charge on any atom is 0.119 e. The molecule has 0 fully saturated rings. The third-order valence-corrected chi connectivity index (χ3v) is 3.98. The lowest BCUT2D eigenvalue weighted by molar-refractivity contribution is 0.413. The highest BCUT2D eigenvalue weighted by molar-refractivity contribution is 7.10. The predicted octanol–water partition coefficient (Wildman–Crippen LogP) is 4.46. The van der Waals surface area contributed by atoms with Gasteiger partial charge in [-0.2, -0.15) is 0 Å². The van der Waals surface area contributed by atoms with Crippen molar-refractivity contribution in [3.63, 3.8) is 0 Å². The van der Waals surface area contributed by atoms with Crippen molar-refractivity contribution in [3.8, 4) is 5.75 Å². The third kappa shape index (κ3) is 4.82. The van der Waals surface area contributed by atoms with E-state index in [1.54, 1.807) is 7.11 Å². The molecule has 2 rings (SSSR count). The van der Waals surface area contributed by atoms with Gasteiger partial charge in [-0.25, -0.2) is 0 Å². The van der Waals surface area contributed by atoms with Gasteiger partial charge < -0.3 is 10.1 Å². The van der Waals surface area contributed by atoms with Crippen LogP contribution in [0.4, 0.5) is 0 Å². The molecule has 2 aromatic rings. The van der Waals surface area contributed by atoms with Crippen LogP contribution in [0.5, 0.6) is 5.75 Å². The Hall–Kier alpha value is -1.03. The predicted molar refractivity (Wildman–Crippen MR) is 89.3 cm³/mol. The first-order valence-corrected chi connectivity index (χ1v) is 7.49. The molecular weight excluding hydrogens is 290 g/mol. The average Bonchev–Trinajstić information content (AvgIpc) is 2.91. The van der Waals surface area contributed by atoms with Gasteiger partial charge in [-0.05, 0) is 35.6 Å². The Labute approximate surface area is 131 Å². The van der Waals surface area contributed by atoms with Gasteiger partial charge in [0, 0.05) is 17.0 Å². The van der Waals surface area contributed by atoms with Gasteiger partial charge in [0.25, 0.3) is 0 Å². The molecule has 1 aromatic heterocycles. The molecule has 1 atom stereocenters. The van der Waals surface area contributed by atoms with Crippen LogP contribution in [-0.2, 0) is 6.42 Å². The van der Waals surface area contributed by atoms with Crippen molar-refractivity contribution in [2.24, 2.45) is 0 Å². The normalized spacial score (nSPS) is 12.0. The van der Waals surface area contributed by atoms with Gasteiger partial charge in [0.05, 0.1) is 7.11 Å². The molecular formula is C16H22ClNOS. The smallest absolute Gasteiger partial charge is 0.119 e. The summed E-state index contributed by atoms with van der Waals surface area (Å²) in [5.74, 6) is 0.923. The Kier molecular flexibility index (Phi) is 7.06. The number of ether oxygens (including phenoxy) is 1. The fourth-order valence-electron chi connectivity index (χ4n) is 2.17. The Morgan fingerprint density at radius 3 is 2.60 bits per heavy atom. The molecule has 20 heavy (non-hydrogen) atoms. The summed E-state index contributed by atoms with van der Waals surface area (Å²) in [5.41, 5.74) is 1.30. The van der Waals surface area contributed by atoms with Crippen molar-refractivity contribution in [3.05, 3.63) is 52.2 Å². The fraction of sp³-hybridized carbons (Fsp3) is 0.375. The van der Waals surface area contributed by atoms with Crippen LogP contribution in [0, 0.1) is 0 Å². The van der Waals surface area contributed by atoms with Crippen LogP contribution >= 0.6 is 23.7 Å². The van der Waals surface area contributed by atoms with E-state index in [9.17, 15) is 0 Å². The lowest BCUT2D eigenvalue weighted by Crippen LogP contribution is -2.29. The standard InChI is InChI=1S/C16H21NOS.ClH/c1-12(2)17-15(16-8-5-9-19-16)11-13-6-4-7-14(10-13)18-3;/h4-10,12,15,17H,11H2,1-3H3;1H. The molecule has 0 saturated carbocycles. The number of nitrogens with one attached hydrogen (secondary N) is 1. The molecule has 1 unspecified atom stereocenters. The summed E-state index contributed by atoms with van der Waals surface area (Å²) in [4.78, 5) is 1.39. The lowest BCUT2D eigenvalue weighted by Gasteiger charge is -2.20. The maximum atomic E-state index is 5.29. The first-order valence-electron chi connectivity index (χ1n) is 6.61. The number of hydrogen-bond donors (Lipinski definition) is 1. The zero-order valence-corrected chi connectivity index (χ0v) is 13.8. The largest absolute Gasteiger partial charge is 0.497 e. The molecule has 0 aliphatic heterocycles. The molecule has 0 aliphatic rings. The van der Waals surface area contributed by atoms with Gasteiger partial charge in [0.2, 0.25) is 0 Å². The van der Waals surface area contributed by atoms with Crippen molar-refractivity contribution in [2.45, 2.75) is 32.4 Å². The van der Waals surface area contributed by atoms with Crippen LogP contribution in [-0.4, -0.2) is 13.2 Å². The first-order chi connectivity index (χ1) is 9.19.